The summed E-state index contributed by atoms with van der Waals surface area (Å²) in [4.78, 5) is 19.3. The molecule has 0 aliphatic carbocycles. The lowest BCUT2D eigenvalue weighted by Crippen LogP contribution is -2.22. The molecule has 1 saturated heterocycles. The molecule has 1 fully saturated rings. The number of hydrogen-bond acceptors (Lipinski definition) is 5. The van der Waals surface area contributed by atoms with Crippen molar-refractivity contribution in [2.75, 3.05) is 19.8 Å². The number of halogens is 1. The van der Waals surface area contributed by atoms with Gasteiger partial charge in [0, 0.05) is 13.2 Å². The van der Waals surface area contributed by atoms with Crippen LogP contribution in [-0.4, -0.2) is 35.8 Å². The highest BCUT2D eigenvalue weighted by Crippen LogP contribution is 2.15. The monoisotopic (exact) mass is 256 g/mol. The largest absolute Gasteiger partial charge is 0.461 e. The van der Waals surface area contributed by atoms with E-state index >= 15 is 0 Å². The van der Waals surface area contributed by atoms with Crippen LogP contribution in [-0.2, 0) is 9.47 Å². The van der Waals surface area contributed by atoms with Crippen molar-refractivity contribution in [1.29, 1.82) is 0 Å². The first-order valence-corrected chi connectivity index (χ1v) is 5.86. The van der Waals surface area contributed by atoms with E-state index in [1.165, 1.54) is 12.4 Å². The fourth-order valence-electron chi connectivity index (χ4n) is 1.62. The molecule has 0 spiro atoms. The maximum atomic E-state index is 11.6. The summed E-state index contributed by atoms with van der Waals surface area (Å²) in [7, 11) is 0. The van der Waals surface area contributed by atoms with Crippen molar-refractivity contribution in [3.63, 3.8) is 0 Å². The predicted octanol–water partition coefficient (Wildman–Crippen LogP) is 1.71. The molecule has 0 bridgehead atoms. The van der Waals surface area contributed by atoms with Gasteiger partial charge in [-0.1, -0.05) is 11.6 Å². The highest BCUT2D eigenvalue weighted by molar-refractivity contribution is 6.29. The Labute approximate surface area is 104 Å². The van der Waals surface area contributed by atoms with E-state index in [-0.39, 0.29) is 10.8 Å². The molecular formula is C11H13ClN2O3. The Bertz CT molecular complexity index is 394. The fraction of sp³-hybridized carbons (Fsp3) is 0.545. The molecule has 0 saturated carbocycles. The van der Waals surface area contributed by atoms with Crippen molar-refractivity contribution < 1.29 is 14.3 Å². The van der Waals surface area contributed by atoms with Gasteiger partial charge in [0.2, 0.25) is 0 Å². The van der Waals surface area contributed by atoms with Gasteiger partial charge in [-0.3, -0.25) is 4.98 Å². The van der Waals surface area contributed by atoms with E-state index in [0.29, 0.717) is 12.5 Å². The number of ether oxygens (including phenoxy) is 2. The van der Waals surface area contributed by atoms with Crippen LogP contribution in [0.25, 0.3) is 0 Å². The molecule has 5 nitrogen and oxygen atoms in total. The topological polar surface area (TPSA) is 61.3 Å². The normalized spacial score (nSPS) is 16.8. The summed E-state index contributed by atoms with van der Waals surface area (Å²) in [5, 5.41) is 0.186. The van der Waals surface area contributed by atoms with Gasteiger partial charge in [0.15, 0.2) is 5.69 Å². The van der Waals surface area contributed by atoms with E-state index in [4.69, 9.17) is 21.1 Å². The average molecular weight is 257 g/mol. The van der Waals surface area contributed by atoms with Gasteiger partial charge in [-0.2, -0.15) is 0 Å². The lowest BCUT2D eigenvalue weighted by molar-refractivity contribution is 0.0181. The molecule has 0 aromatic carbocycles. The summed E-state index contributed by atoms with van der Waals surface area (Å²) in [5.74, 6) is -0.105. The third kappa shape index (κ3) is 3.64. The van der Waals surface area contributed by atoms with Crippen LogP contribution < -0.4 is 0 Å². The van der Waals surface area contributed by atoms with Crippen LogP contribution in [0.2, 0.25) is 5.15 Å². The molecule has 0 radical (unpaired) electrons. The zero-order chi connectivity index (χ0) is 12.1. The van der Waals surface area contributed by atoms with Crippen molar-refractivity contribution in [2.24, 2.45) is 5.92 Å². The Hall–Kier alpha value is -1.20. The molecule has 1 aliphatic heterocycles. The van der Waals surface area contributed by atoms with E-state index in [0.717, 1.165) is 26.1 Å². The first-order valence-electron chi connectivity index (χ1n) is 5.48. The molecule has 1 aromatic rings. The Morgan fingerprint density at radius 3 is 2.94 bits per heavy atom. The van der Waals surface area contributed by atoms with E-state index in [1.807, 2.05) is 0 Å². The van der Waals surface area contributed by atoms with E-state index in [1.54, 1.807) is 0 Å². The van der Waals surface area contributed by atoms with Crippen molar-refractivity contribution in [2.45, 2.75) is 12.8 Å². The van der Waals surface area contributed by atoms with E-state index in [2.05, 4.69) is 9.97 Å². The van der Waals surface area contributed by atoms with Gasteiger partial charge in [0.25, 0.3) is 0 Å². The van der Waals surface area contributed by atoms with Gasteiger partial charge in [0.05, 0.1) is 19.0 Å². The fourth-order valence-corrected chi connectivity index (χ4v) is 1.77. The van der Waals surface area contributed by atoms with Crippen LogP contribution in [0.1, 0.15) is 23.3 Å². The molecule has 0 N–H and O–H groups in total. The second-order valence-corrected chi connectivity index (χ2v) is 4.27. The number of esters is 1. The predicted molar refractivity (Wildman–Crippen MR) is 60.9 cm³/mol. The zero-order valence-electron chi connectivity index (χ0n) is 9.26. The lowest BCUT2D eigenvalue weighted by atomic mass is 10.0. The molecular weight excluding hydrogens is 244 g/mol. The van der Waals surface area contributed by atoms with Crippen molar-refractivity contribution in [3.05, 3.63) is 23.2 Å². The van der Waals surface area contributed by atoms with Crippen LogP contribution in [0.4, 0.5) is 0 Å². The van der Waals surface area contributed by atoms with Gasteiger partial charge < -0.3 is 9.47 Å². The number of carbonyl (C=O) groups excluding carboxylic acids is 1. The quantitative estimate of drug-likeness (QED) is 0.771. The summed E-state index contributed by atoms with van der Waals surface area (Å²) in [6.45, 7) is 1.87. The van der Waals surface area contributed by atoms with Crippen LogP contribution in [0, 0.1) is 5.92 Å². The van der Waals surface area contributed by atoms with Crippen LogP contribution in [0.5, 0.6) is 0 Å². The second kappa shape index (κ2) is 5.93. The van der Waals surface area contributed by atoms with Gasteiger partial charge in [-0.15, -0.1) is 0 Å². The molecule has 2 rings (SSSR count). The molecule has 1 aliphatic rings. The first kappa shape index (κ1) is 12.3. The smallest absolute Gasteiger partial charge is 0.358 e. The molecule has 6 heteroatoms. The van der Waals surface area contributed by atoms with Crippen LogP contribution >= 0.6 is 11.6 Å². The maximum Gasteiger partial charge on any atom is 0.358 e. The maximum absolute atomic E-state index is 11.6. The van der Waals surface area contributed by atoms with Crippen LogP contribution in [0.3, 0.4) is 0 Å². The minimum absolute atomic E-state index is 0.143. The molecule has 92 valence electrons. The van der Waals surface area contributed by atoms with Crippen molar-refractivity contribution in [3.8, 4) is 0 Å². The molecule has 0 atom stereocenters. The van der Waals surface area contributed by atoms with E-state index < -0.39 is 5.97 Å². The van der Waals surface area contributed by atoms with Gasteiger partial charge in [-0.25, -0.2) is 9.78 Å². The number of rotatable bonds is 3. The Morgan fingerprint density at radius 1 is 1.47 bits per heavy atom. The summed E-state index contributed by atoms with van der Waals surface area (Å²) in [6.07, 6.45) is 4.57. The highest BCUT2D eigenvalue weighted by Gasteiger charge is 2.17. The Morgan fingerprint density at radius 2 is 2.24 bits per heavy atom. The summed E-state index contributed by atoms with van der Waals surface area (Å²) in [5.41, 5.74) is 0.143. The minimum atomic E-state index is -0.480. The average Bonchev–Trinajstić information content (AvgIpc) is 2.37. The standard InChI is InChI=1S/C11H13ClN2O3/c12-10-6-13-5-9(14-10)11(15)17-7-8-1-3-16-4-2-8/h5-6,8H,1-4,7H2. The first-order chi connectivity index (χ1) is 8.25. The third-order valence-electron chi connectivity index (χ3n) is 2.61. The van der Waals surface area contributed by atoms with Gasteiger partial charge in [0.1, 0.15) is 5.15 Å². The molecule has 0 amide bonds. The molecule has 1 aromatic heterocycles. The molecule has 0 unspecified atom stereocenters. The van der Waals surface area contributed by atoms with Gasteiger partial charge in [-0.05, 0) is 18.8 Å². The number of nitrogens with zero attached hydrogens (tertiary/aromatic N) is 2. The summed E-state index contributed by atoms with van der Waals surface area (Å²) >= 11 is 5.64. The molecule has 17 heavy (non-hydrogen) atoms. The second-order valence-electron chi connectivity index (χ2n) is 3.88. The number of aromatic nitrogens is 2. The lowest BCUT2D eigenvalue weighted by Gasteiger charge is -2.21. The Kier molecular flexibility index (Phi) is 4.28. The molecule has 2 heterocycles. The zero-order valence-corrected chi connectivity index (χ0v) is 10.0. The SMILES string of the molecule is O=C(OCC1CCOCC1)c1cncc(Cl)n1. The summed E-state index contributed by atoms with van der Waals surface area (Å²) < 4.78 is 10.4. The van der Waals surface area contributed by atoms with Crippen LogP contribution in [0.15, 0.2) is 12.4 Å². The van der Waals surface area contributed by atoms with Crippen molar-refractivity contribution >= 4 is 17.6 Å². The van der Waals surface area contributed by atoms with Gasteiger partial charge >= 0.3 is 5.97 Å². The van der Waals surface area contributed by atoms with E-state index in [9.17, 15) is 4.79 Å². The van der Waals surface area contributed by atoms with Crippen molar-refractivity contribution in [1.82, 2.24) is 9.97 Å². The highest BCUT2D eigenvalue weighted by atomic mass is 35.5. The Balaban J connectivity index is 1.84. The minimum Gasteiger partial charge on any atom is -0.461 e. The summed E-state index contributed by atoms with van der Waals surface area (Å²) in [6, 6.07) is 0. The number of hydrogen-bond donors (Lipinski definition) is 0. The number of carbonyl (C=O) groups is 1. The third-order valence-corrected chi connectivity index (χ3v) is 2.79.